The lowest BCUT2D eigenvalue weighted by atomic mass is 9.72. The fraction of sp³-hybridized carbons (Fsp3) is 0.377. The van der Waals surface area contributed by atoms with Gasteiger partial charge in [-0.3, -0.25) is 9.59 Å². The summed E-state index contributed by atoms with van der Waals surface area (Å²) in [5, 5.41) is 16.9. The molecule has 0 bridgehead atoms. The highest BCUT2D eigenvalue weighted by atomic mass is 28.4. The number of methoxy groups -OCH3 is 2. The number of aryl methyl sites for hydroxylation is 1. The van der Waals surface area contributed by atoms with E-state index in [1.165, 1.54) is 30.7 Å². The normalized spacial score (nSPS) is 17.1. The van der Waals surface area contributed by atoms with Gasteiger partial charge in [-0.1, -0.05) is 142 Å². The number of esters is 2. The molecule has 0 fully saturated rings. The number of amides is 1. The summed E-state index contributed by atoms with van der Waals surface area (Å²) >= 11 is 0. The van der Waals surface area contributed by atoms with Crippen LogP contribution in [-0.2, 0) is 57.4 Å². The van der Waals surface area contributed by atoms with Crippen molar-refractivity contribution in [3.05, 3.63) is 162 Å². The molecule has 6 rings (SSSR count). The topological polar surface area (TPSA) is 143 Å². The van der Waals surface area contributed by atoms with E-state index in [0.717, 1.165) is 11.1 Å². The first-order valence-corrected chi connectivity index (χ1v) is 24.3. The molecule has 4 aromatic carbocycles. The third-order valence-corrected chi connectivity index (χ3v) is 17.0. The molecule has 0 saturated heterocycles. The molecule has 0 unspecified atom stereocenters. The van der Waals surface area contributed by atoms with Gasteiger partial charge in [-0.15, -0.1) is 0 Å². The van der Waals surface area contributed by atoms with Crippen molar-refractivity contribution < 1.29 is 47.3 Å². The van der Waals surface area contributed by atoms with Crippen LogP contribution in [0.5, 0.6) is 0 Å². The lowest BCUT2D eigenvalue weighted by Crippen LogP contribution is -2.66. The number of fused-ring (bicyclic) bond motifs is 1. The fourth-order valence-corrected chi connectivity index (χ4v) is 13.6. The first kappa shape index (κ1) is 48.8. The minimum absolute atomic E-state index is 0.129. The monoisotopic (exact) mass is 901 g/mol. The summed E-state index contributed by atoms with van der Waals surface area (Å²) in [5.74, 6) is -0.968. The van der Waals surface area contributed by atoms with Gasteiger partial charge in [0.1, 0.15) is 23.0 Å². The maximum atomic E-state index is 14.4. The van der Waals surface area contributed by atoms with E-state index < -0.39 is 37.8 Å². The van der Waals surface area contributed by atoms with Crippen molar-refractivity contribution in [2.75, 3.05) is 34.0 Å². The summed E-state index contributed by atoms with van der Waals surface area (Å²) in [7, 11) is -0.312. The molecular weight excluding hydrogens is 839 g/mol. The first-order chi connectivity index (χ1) is 31.4. The Bertz CT molecular complexity index is 2270. The molecule has 0 aliphatic heterocycles. The molecule has 0 spiro atoms. The number of rotatable bonds is 23. The van der Waals surface area contributed by atoms with Gasteiger partial charge in [-0.25, -0.2) is 4.79 Å². The van der Waals surface area contributed by atoms with Crippen molar-refractivity contribution in [3.63, 3.8) is 0 Å². The SMILES string of the molecule is COC(=O)/C=C1\c2cc(CCCO[Si](c3ccccc3)(c3ccccc3)C(C)(C)C)oc2[C@@H](NC(=O)CCCCOCc2ccccc2)[C@]1(C[C@@H](O)COCc1ccccc1)C(=O)OC. The predicted molar refractivity (Wildman–Crippen MR) is 253 cm³/mol. The van der Waals surface area contributed by atoms with Gasteiger partial charge in [0.15, 0.2) is 0 Å². The molecular formula is C53H63NO10Si. The molecule has 1 aliphatic rings. The Hall–Kier alpha value is -5.63. The molecule has 0 radical (unpaired) electrons. The van der Waals surface area contributed by atoms with Crippen LogP contribution >= 0.6 is 0 Å². The van der Waals surface area contributed by atoms with E-state index in [9.17, 15) is 19.5 Å². The van der Waals surface area contributed by atoms with E-state index in [1.807, 2.05) is 72.8 Å². The van der Waals surface area contributed by atoms with Gasteiger partial charge in [0.2, 0.25) is 5.91 Å². The maximum Gasteiger partial charge on any atom is 0.330 e. The summed E-state index contributed by atoms with van der Waals surface area (Å²) < 4.78 is 36.1. The number of ether oxygens (including phenoxy) is 4. The second-order valence-corrected chi connectivity index (χ2v) is 21.8. The van der Waals surface area contributed by atoms with Crippen LogP contribution in [0.4, 0.5) is 0 Å². The van der Waals surface area contributed by atoms with Gasteiger partial charge < -0.3 is 38.2 Å². The Kier molecular flexibility index (Phi) is 17.3. The van der Waals surface area contributed by atoms with Crippen molar-refractivity contribution in [1.82, 2.24) is 5.32 Å². The zero-order valence-corrected chi connectivity index (χ0v) is 39.3. The summed E-state index contributed by atoms with van der Waals surface area (Å²) in [6.07, 6.45) is 2.07. The van der Waals surface area contributed by atoms with E-state index >= 15 is 0 Å². The molecule has 344 valence electrons. The molecule has 0 saturated carbocycles. The van der Waals surface area contributed by atoms with Gasteiger partial charge in [-0.05, 0) is 63.9 Å². The largest absolute Gasteiger partial charge is 0.468 e. The molecule has 1 amide bonds. The van der Waals surface area contributed by atoms with Crippen LogP contribution < -0.4 is 15.7 Å². The zero-order chi connectivity index (χ0) is 46.3. The molecule has 12 heteroatoms. The average molecular weight is 902 g/mol. The summed E-state index contributed by atoms with van der Waals surface area (Å²) in [5.41, 5.74) is 0.849. The Morgan fingerprint density at radius 3 is 1.89 bits per heavy atom. The molecule has 65 heavy (non-hydrogen) atoms. The quantitative estimate of drug-likeness (QED) is 0.0287. The molecule has 1 aliphatic carbocycles. The number of carbonyl (C=O) groups excluding carboxylic acids is 3. The lowest BCUT2D eigenvalue weighted by molar-refractivity contribution is -0.153. The number of aliphatic hydroxyl groups excluding tert-OH is 1. The van der Waals surface area contributed by atoms with Crippen LogP contribution in [0, 0.1) is 5.41 Å². The highest BCUT2D eigenvalue weighted by molar-refractivity contribution is 6.99. The molecule has 1 heterocycles. The van der Waals surface area contributed by atoms with Crippen LogP contribution in [0.15, 0.2) is 138 Å². The van der Waals surface area contributed by atoms with E-state index in [4.69, 9.17) is 27.8 Å². The van der Waals surface area contributed by atoms with Crippen molar-refractivity contribution in [2.24, 2.45) is 5.41 Å². The van der Waals surface area contributed by atoms with Crippen molar-refractivity contribution in [1.29, 1.82) is 0 Å². The molecule has 3 atom stereocenters. The molecule has 2 N–H and O–H groups in total. The number of nitrogens with one attached hydrogen (secondary N) is 1. The Morgan fingerprint density at radius 2 is 1.34 bits per heavy atom. The van der Waals surface area contributed by atoms with Crippen molar-refractivity contribution in [2.45, 2.75) is 89.7 Å². The second kappa shape index (κ2) is 23.0. The van der Waals surface area contributed by atoms with E-state index in [-0.39, 0.29) is 48.3 Å². The lowest BCUT2D eigenvalue weighted by Gasteiger charge is -2.43. The Labute approximate surface area is 384 Å². The van der Waals surface area contributed by atoms with Crippen molar-refractivity contribution >= 4 is 42.1 Å². The van der Waals surface area contributed by atoms with Gasteiger partial charge in [0.05, 0.1) is 40.1 Å². The number of hydrogen-bond donors (Lipinski definition) is 2. The van der Waals surface area contributed by atoms with Crippen LogP contribution in [0.25, 0.3) is 5.57 Å². The number of furan rings is 1. The third kappa shape index (κ3) is 11.8. The fourth-order valence-electron chi connectivity index (χ4n) is 8.96. The highest BCUT2D eigenvalue weighted by Crippen LogP contribution is 2.58. The minimum atomic E-state index is -2.80. The number of carbonyl (C=O) groups is 3. The summed E-state index contributed by atoms with van der Waals surface area (Å²) in [4.78, 5) is 41.5. The minimum Gasteiger partial charge on any atom is -0.468 e. The Balaban J connectivity index is 1.26. The van der Waals surface area contributed by atoms with Crippen LogP contribution in [0.2, 0.25) is 5.04 Å². The average Bonchev–Trinajstić information content (AvgIpc) is 3.83. The second-order valence-electron chi connectivity index (χ2n) is 17.5. The first-order valence-electron chi connectivity index (χ1n) is 22.4. The van der Waals surface area contributed by atoms with Crippen LogP contribution in [0.3, 0.4) is 0 Å². The standard InChI is InChI=1S/C53H63NO10Si/c1-52(2,3)65(43-26-14-8-15-27-43,44-28-16-9-17-29-44)63-32-20-25-42-33-45-46(34-48(57)59-4)53(51(58)60-5,35-41(55)38-62-37-40-23-12-7-13-24-40)50(49(45)64-42)54-47(56)30-18-19-31-61-36-39-21-10-6-11-22-39/h6-17,21-24,26-29,33-34,41,50,55H,18-20,25,30-32,35-38H2,1-5H3,(H,54,56)/b46-34+/t41-,50-,53-/m1/s1. The Morgan fingerprint density at radius 1 is 0.769 bits per heavy atom. The zero-order valence-electron chi connectivity index (χ0n) is 38.3. The van der Waals surface area contributed by atoms with Gasteiger partial charge in [0, 0.05) is 37.7 Å². The van der Waals surface area contributed by atoms with Gasteiger partial charge >= 0.3 is 11.9 Å². The van der Waals surface area contributed by atoms with Gasteiger partial charge in [0.25, 0.3) is 8.32 Å². The maximum absolute atomic E-state index is 14.4. The molecule has 1 aromatic heterocycles. The van der Waals surface area contributed by atoms with Crippen LogP contribution in [0.1, 0.15) is 87.1 Å². The van der Waals surface area contributed by atoms with E-state index in [2.05, 4.69) is 74.6 Å². The number of hydrogen-bond acceptors (Lipinski definition) is 10. The smallest absolute Gasteiger partial charge is 0.330 e. The van der Waals surface area contributed by atoms with Crippen LogP contribution in [-0.4, -0.2) is 71.4 Å². The number of benzene rings is 4. The number of unbranched alkanes of at least 4 members (excludes halogenated alkanes) is 1. The van der Waals surface area contributed by atoms with Gasteiger partial charge in [-0.2, -0.15) is 0 Å². The summed E-state index contributed by atoms with van der Waals surface area (Å²) in [6.45, 7) is 8.16. The van der Waals surface area contributed by atoms with E-state index in [0.29, 0.717) is 56.8 Å². The summed E-state index contributed by atoms with van der Waals surface area (Å²) in [6, 6.07) is 40.9. The predicted octanol–water partition coefficient (Wildman–Crippen LogP) is 8.03. The molecule has 5 aromatic rings. The third-order valence-electron chi connectivity index (χ3n) is 12.0. The highest BCUT2D eigenvalue weighted by Gasteiger charge is 2.60. The number of aliphatic hydroxyl groups is 1. The van der Waals surface area contributed by atoms with Crippen molar-refractivity contribution in [3.8, 4) is 0 Å². The molecule has 11 nitrogen and oxygen atoms in total. The van der Waals surface area contributed by atoms with E-state index in [1.54, 1.807) is 6.07 Å².